The van der Waals surface area contributed by atoms with Crippen LogP contribution in [0.25, 0.3) is 0 Å². The van der Waals surface area contributed by atoms with Crippen molar-refractivity contribution in [2.75, 3.05) is 31.1 Å². The number of thioether (sulfide) groups is 1. The van der Waals surface area contributed by atoms with Crippen molar-refractivity contribution < 1.29 is 23.9 Å². The van der Waals surface area contributed by atoms with Gasteiger partial charge in [-0.05, 0) is 37.1 Å². The minimum atomic E-state index is -0.876. The molecule has 8 heteroatoms. The lowest BCUT2D eigenvalue weighted by atomic mass is 9.96. The van der Waals surface area contributed by atoms with E-state index in [4.69, 9.17) is 5.11 Å². The number of piperidine rings is 1. The minimum absolute atomic E-state index is 0.0131. The van der Waals surface area contributed by atoms with Gasteiger partial charge in [0.1, 0.15) is 5.82 Å². The molecule has 0 spiro atoms. The number of halogens is 1. The molecule has 25 heavy (non-hydrogen) atoms. The summed E-state index contributed by atoms with van der Waals surface area (Å²) in [5.41, 5.74) is 0.410. The summed E-state index contributed by atoms with van der Waals surface area (Å²) < 4.78 is 13.0. The molecule has 1 aromatic rings. The van der Waals surface area contributed by atoms with E-state index in [-0.39, 0.29) is 23.5 Å². The van der Waals surface area contributed by atoms with E-state index >= 15 is 0 Å². The predicted molar refractivity (Wildman–Crippen MR) is 93.0 cm³/mol. The van der Waals surface area contributed by atoms with Crippen molar-refractivity contribution in [3.8, 4) is 0 Å². The van der Waals surface area contributed by atoms with Gasteiger partial charge in [-0.15, -0.1) is 11.8 Å². The van der Waals surface area contributed by atoms with Crippen molar-refractivity contribution in [3.63, 3.8) is 0 Å². The average Bonchev–Trinajstić information content (AvgIpc) is 2.61. The zero-order valence-corrected chi connectivity index (χ0v) is 14.6. The Morgan fingerprint density at radius 3 is 2.68 bits per heavy atom. The van der Waals surface area contributed by atoms with Gasteiger partial charge in [0.25, 0.3) is 5.91 Å². The van der Waals surface area contributed by atoms with Crippen molar-refractivity contribution in [2.24, 2.45) is 5.92 Å². The summed E-state index contributed by atoms with van der Waals surface area (Å²) in [6.45, 7) is 1.32. The Kier molecular flexibility index (Phi) is 7.24. The monoisotopic (exact) mass is 368 g/mol. The first-order chi connectivity index (χ1) is 12.0. The third kappa shape index (κ3) is 6.04. The van der Waals surface area contributed by atoms with Crippen LogP contribution in [-0.2, 0) is 9.59 Å². The topological polar surface area (TPSA) is 86.7 Å². The summed E-state index contributed by atoms with van der Waals surface area (Å²) in [6, 6.07) is 5.38. The number of hydrogen-bond acceptors (Lipinski definition) is 4. The maximum Gasteiger partial charge on any atom is 0.313 e. The largest absolute Gasteiger partial charge is 0.481 e. The molecule has 1 aromatic carbocycles. The molecule has 1 heterocycles. The lowest BCUT2D eigenvalue weighted by Gasteiger charge is -2.32. The molecule has 0 radical (unpaired) electrons. The van der Waals surface area contributed by atoms with Crippen molar-refractivity contribution in [3.05, 3.63) is 35.6 Å². The highest BCUT2D eigenvalue weighted by molar-refractivity contribution is 7.99. The fourth-order valence-corrected chi connectivity index (χ4v) is 3.27. The van der Waals surface area contributed by atoms with Gasteiger partial charge in [0, 0.05) is 31.0 Å². The molecule has 1 saturated heterocycles. The second kappa shape index (κ2) is 9.41. The van der Waals surface area contributed by atoms with Gasteiger partial charge < -0.3 is 15.3 Å². The van der Waals surface area contributed by atoms with E-state index in [1.807, 2.05) is 0 Å². The number of carbonyl (C=O) groups excluding carboxylic acids is 2. The van der Waals surface area contributed by atoms with Crippen LogP contribution in [0.3, 0.4) is 0 Å². The van der Waals surface area contributed by atoms with Crippen LogP contribution in [0.2, 0.25) is 0 Å². The molecule has 2 rings (SSSR count). The second-order valence-electron chi connectivity index (χ2n) is 5.83. The molecule has 6 nitrogen and oxygen atoms in total. The lowest BCUT2D eigenvalue weighted by Crippen LogP contribution is -2.45. The Bertz CT molecular complexity index is 624. The summed E-state index contributed by atoms with van der Waals surface area (Å²) in [4.78, 5) is 36.7. The van der Waals surface area contributed by atoms with Crippen LogP contribution in [0.15, 0.2) is 24.3 Å². The van der Waals surface area contributed by atoms with E-state index in [2.05, 4.69) is 5.32 Å². The Labute approximate surface area is 149 Å². The molecular weight excluding hydrogens is 347 g/mol. The number of aliphatic carboxylic acids is 1. The summed E-state index contributed by atoms with van der Waals surface area (Å²) in [6.07, 6.45) is 1.44. The van der Waals surface area contributed by atoms with Gasteiger partial charge in [0.15, 0.2) is 0 Å². The molecule has 1 fully saturated rings. The molecule has 0 aliphatic carbocycles. The summed E-state index contributed by atoms with van der Waals surface area (Å²) in [7, 11) is 0. The molecular formula is C17H21FN2O4S. The number of carbonyl (C=O) groups is 3. The predicted octanol–water partition coefficient (Wildman–Crippen LogP) is 1.61. The molecule has 0 saturated carbocycles. The standard InChI is InChI=1S/C17H21FN2O4S/c18-14-5-3-12(4-6-14)17(24)20-8-1-2-13(10-20)16(23)19-7-9-25-11-15(21)22/h3-6,13H,1-2,7-11H2,(H,19,23)(H,21,22). The Balaban J connectivity index is 1.81. The Hall–Kier alpha value is -2.09. The van der Waals surface area contributed by atoms with Crippen molar-refractivity contribution >= 4 is 29.5 Å². The molecule has 1 unspecified atom stereocenters. The van der Waals surface area contributed by atoms with Crippen LogP contribution in [0.1, 0.15) is 23.2 Å². The molecule has 0 aromatic heterocycles. The van der Waals surface area contributed by atoms with Crippen LogP contribution in [0.4, 0.5) is 4.39 Å². The molecule has 0 bridgehead atoms. The number of rotatable bonds is 7. The molecule has 2 amide bonds. The lowest BCUT2D eigenvalue weighted by molar-refractivity contribution is -0.134. The first-order valence-electron chi connectivity index (χ1n) is 8.09. The number of nitrogens with one attached hydrogen (secondary N) is 1. The zero-order chi connectivity index (χ0) is 18.2. The molecule has 1 atom stereocenters. The van der Waals surface area contributed by atoms with Gasteiger partial charge in [-0.3, -0.25) is 14.4 Å². The normalized spacial score (nSPS) is 17.2. The third-order valence-electron chi connectivity index (χ3n) is 3.94. The maximum atomic E-state index is 13.0. The van der Waals surface area contributed by atoms with E-state index in [0.717, 1.165) is 6.42 Å². The van der Waals surface area contributed by atoms with Crippen LogP contribution in [0.5, 0.6) is 0 Å². The van der Waals surface area contributed by atoms with Gasteiger partial charge in [-0.1, -0.05) is 0 Å². The highest BCUT2D eigenvalue weighted by Crippen LogP contribution is 2.19. The Morgan fingerprint density at radius 1 is 1.28 bits per heavy atom. The fourth-order valence-electron chi connectivity index (χ4n) is 2.70. The molecule has 2 N–H and O–H groups in total. The minimum Gasteiger partial charge on any atom is -0.481 e. The van der Waals surface area contributed by atoms with Gasteiger partial charge >= 0.3 is 5.97 Å². The number of amides is 2. The van der Waals surface area contributed by atoms with Crippen molar-refractivity contribution in [1.29, 1.82) is 0 Å². The number of carboxylic acids is 1. The number of carboxylic acid groups (broad SMARTS) is 1. The second-order valence-corrected chi connectivity index (χ2v) is 6.94. The van der Waals surface area contributed by atoms with Gasteiger partial charge in [-0.25, -0.2) is 4.39 Å². The van der Waals surface area contributed by atoms with Crippen LogP contribution in [0, 0.1) is 11.7 Å². The first kappa shape index (κ1) is 19.2. The van der Waals surface area contributed by atoms with Gasteiger partial charge in [-0.2, -0.15) is 0 Å². The van der Waals surface area contributed by atoms with E-state index in [1.165, 1.54) is 36.0 Å². The smallest absolute Gasteiger partial charge is 0.313 e. The maximum absolute atomic E-state index is 13.0. The highest BCUT2D eigenvalue weighted by atomic mass is 32.2. The zero-order valence-electron chi connectivity index (χ0n) is 13.7. The Morgan fingerprint density at radius 2 is 2.00 bits per heavy atom. The van der Waals surface area contributed by atoms with E-state index in [0.29, 0.717) is 37.4 Å². The third-order valence-corrected chi connectivity index (χ3v) is 4.89. The average molecular weight is 368 g/mol. The van der Waals surface area contributed by atoms with Crippen molar-refractivity contribution in [2.45, 2.75) is 12.8 Å². The van der Waals surface area contributed by atoms with E-state index < -0.39 is 11.8 Å². The summed E-state index contributed by atoms with van der Waals surface area (Å²) in [5, 5.41) is 11.3. The van der Waals surface area contributed by atoms with Gasteiger partial charge in [0.2, 0.25) is 5.91 Å². The number of hydrogen-bond donors (Lipinski definition) is 2. The number of nitrogens with zero attached hydrogens (tertiary/aromatic N) is 1. The number of likely N-dealkylation sites (tertiary alicyclic amines) is 1. The van der Waals surface area contributed by atoms with Crippen LogP contribution in [-0.4, -0.2) is 58.9 Å². The van der Waals surface area contributed by atoms with Crippen LogP contribution < -0.4 is 5.32 Å². The van der Waals surface area contributed by atoms with E-state index in [1.54, 1.807) is 4.90 Å². The van der Waals surface area contributed by atoms with E-state index in [9.17, 15) is 18.8 Å². The van der Waals surface area contributed by atoms with Crippen molar-refractivity contribution in [1.82, 2.24) is 10.2 Å². The first-order valence-corrected chi connectivity index (χ1v) is 9.25. The fraction of sp³-hybridized carbons (Fsp3) is 0.471. The summed E-state index contributed by atoms with van der Waals surface area (Å²) >= 11 is 1.24. The number of benzene rings is 1. The SMILES string of the molecule is O=C(O)CSCCNC(=O)C1CCCN(C(=O)c2ccc(F)cc2)C1. The van der Waals surface area contributed by atoms with Crippen LogP contribution >= 0.6 is 11.8 Å². The molecule has 136 valence electrons. The van der Waals surface area contributed by atoms with Gasteiger partial charge in [0.05, 0.1) is 11.7 Å². The molecule has 1 aliphatic rings. The molecule has 1 aliphatic heterocycles. The quantitative estimate of drug-likeness (QED) is 0.714. The summed E-state index contributed by atoms with van der Waals surface area (Å²) in [5.74, 6) is -1.32. The highest BCUT2D eigenvalue weighted by Gasteiger charge is 2.28.